The fourth-order valence-electron chi connectivity index (χ4n) is 2.55. The molecule has 0 radical (unpaired) electrons. The number of aryl methyl sites for hydroxylation is 2. The maximum Gasteiger partial charge on any atom is 0.310 e. The van der Waals surface area contributed by atoms with Gasteiger partial charge in [0.25, 0.3) is 0 Å². The van der Waals surface area contributed by atoms with E-state index < -0.39 is 0 Å². The number of carbonyl (C=O) groups is 1. The predicted octanol–water partition coefficient (Wildman–Crippen LogP) is 4.72. The summed E-state index contributed by atoms with van der Waals surface area (Å²) in [7, 11) is 1.64. The second kappa shape index (κ2) is 8.15. The number of methoxy groups -OCH3 is 1. The average Bonchev–Trinajstić information content (AvgIpc) is 3.12. The highest BCUT2D eigenvalue weighted by atomic mass is 32.1. The largest absolute Gasteiger partial charge is 0.497 e. The third kappa shape index (κ3) is 4.49. The van der Waals surface area contributed by atoms with E-state index in [1.165, 1.54) is 22.5 Å². The van der Waals surface area contributed by atoms with Crippen LogP contribution < -0.4 is 4.74 Å². The van der Waals surface area contributed by atoms with Gasteiger partial charge in [0.2, 0.25) is 0 Å². The number of hydrogen-bond donors (Lipinski definition) is 0. The molecule has 0 aliphatic heterocycles. The van der Waals surface area contributed by atoms with Crippen LogP contribution in [0.1, 0.15) is 22.4 Å². The summed E-state index contributed by atoms with van der Waals surface area (Å²) in [6, 6.07) is 13.8. The van der Waals surface area contributed by atoms with E-state index >= 15 is 0 Å². The molecule has 0 bridgehead atoms. The number of hydrogen-bond acceptors (Lipinski definition) is 5. The number of benzene rings is 2. The third-order valence-electron chi connectivity index (χ3n) is 4.17. The SMILES string of the molecule is COc1cccc(-c2nc(COC(=O)Cc3ccc(C)c(C)c3)cs2)c1. The lowest BCUT2D eigenvalue weighted by Crippen LogP contribution is -2.08. The van der Waals surface area contributed by atoms with E-state index in [1.54, 1.807) is 7.11 Å². The van der Waals surface area contributed by atoms with Gasteiger partial charge in [-0.1, -0.05) is 30.3 Å². The molecule has 2 aromatic carbocycles. The fourth-order valence-corrected chi connectivity index (χ4v) is 3.35. The Bertz CT molecular complexity index is 917. The molecule has 1 heterocycles. The molecule has 0 saturated heterocycles. The van der Waals surface area contributed by atoms with Crippen molar-refractivity contribution in [2.45, 2.75) is 26.9 Å². The molecule has 0 saturated carbocycles. The summed E-state index contributed by atoms with van der Waals surface area (Å²) >= 11 is 1.52. The summed E-state index contributed by atoms with van der Waals surface area (Å²) in [6.45, 7) is 4.28. The fraction of sp³-hybridized carbons (Fsp3) is 0.238. The topological polar surface area (TPSA) is 48.4 Å². The van der Waals surface area contributed by atoms with Crippen molar-refractivity contribution in [2.24, 2.45) is 0 Å². The minimum atomic E-state index is -0.246. The highest BCUT2D eigenvalue weighted by molar-refractivity contribution is 7.13. The van der Waals surface area contributed by atoms with E-state index in [1.807, 2.05) is 54.8 Å². The second-order valence-corrected chi connectivity index (χ2v) is 6.99. The Morgan fingerprint density at radius 2 is 1.96 bits per heavy atom. The first-order chi connectivity index (χ1) is 12.5. The summed E-state index contributed by atoms with van der Waals surface area (Å²) in [5.41, 5.74) is 5.10. The Morgan fingerprint density at radius 3 is 2.73 bits per heavy atom. The Hall–Kier alpha value is -2.66. The zero-order valence-corrected chi connectivity index (χ0v) is 15.9. The number of aromatic nitrogens is 1. The van der Waals surface area contributed by atoms with E-state index in [-0.39, 0.29) is 19.0 Å². The van der Waals surface area contributed by atoms with Crippen molar-refractivity contribution in [3.05, 3.63) is 70.2 Å². The van der Waals surface area contributed by atoms with Gasteiger partial charge < -0.3 is 9.47 Å². The molecule has 3 aromatic rings. The van der Waals surface area contributed by atoms with Crippen LogP contribution in [0, 0.1) is 13.8 Å². The maximum absolute atomic E-state index is 12.1. The van der Waals surface area contributed by atoms with Crippen LogP contribution in [-0.2, 0) is 22.6 Å². The molecule has 0 aliphatic carbocycles. The molecule has 0 unspecified atom stereocenters. The van der Waals surface area contributed by atoms with Gasteiger partial charge in [0.15, 0.2) is 0 Å². The molecular weight excluding hydrogens is 346 g/mol. The van der Waals surface area contributed by atoms with Gasteiger partial charge in [-0.05, 0) is 42.7 Å². The molecule has 0 N–H and O–H groups in total. The Balaban J connectivity index is 1.58. The first-order valence-electron chi connectivity index (χ1n) is 8.36. The molecule has 0 spiro atoms. The molecule has 0 fully saturated rings. The van der Waals surface area contributed by atoms with Crippen molar-refractivity contribution in [1.29, 1.82) is 0 Å². The minimum Gasteiger partial charge on any atom is -0.497 e. The normalized spacial score (nSPS) is 10.6. The van der Waals surface area contributed by atoms with Gasteiger partial charge in [-0.25, -0.2) is 4.98 Å². The zero-order valence-electron chi connectivity index (χ0n) is 15.1. The van der Waals surface area contributed by atoms with Gasteiger partial charge in [0.1, 0.15) is 17.4 Å². The van der Waals surface area contributed by atoms with Crippen molar-refractivity contribution < 1.29 is 14.3 Å². The summed E-state index contributed by atoms with van der Waals surface area (Å²) in [6.07, 6.45) is 0.272. The van der Waals surface area contributed by atoms with Gasteiger partial charge in [0, 0.05) is 10.9 Å². The number of thiazole rings is 1. The van der Waals surface area contributed by atoms with Gasteiger partial charge >= 0.3 is 5.97 Å². The number of esters is 1. The van der Waals surface area contributed by atoms with Gasteiger partial charge in [-0.2, -0.15) is 0 Å². The summed E-state index contributed by atoms with van der Waals surface area (Å²) in [5.74, 6) is 0.545. The smallest absolute Gasteiger partial charge is 0.310 e. The number of carbonyl (C=O) groups excluding carboxylic acids is 1. The van der Waals surface area contributed by atoms with E-state index in [0.29, 0.717) is 0 Å². The molecular formula is C21H21NO3S. The van der Waals surface area contributed by atoms with E-state index in [0.717, 1.165) is 27.6 Å². The van der Waals surface area contributed by atoms with Crippen molar-refractivity contribution in [3.63, 3.8) is 0 Å². The molecule has 5 heteroatoms. The molecule has 26 heavy (non-hydrogen) atoms. The summed E-state index contributed by atoms with van der Waals surface area (Å²) in [5, 5.41) is 2.79. The van der Waals surface area contributed by atoms with Crippen LogP contribution in [0.15, 0.2) is 47.8 Å². The van der Waals surface area contributed by atoms with Crippen LogP contribution in [0.25, 0.3) is 10.6 Å². The average molecular weight is 367 g/mol. The van der Waals surface area contributed by atoms with Crippen molar-refractivity contribution in [3.8, 4) is 16.3 Å². The van der Waals surface area contributed by atoms with Crippen LogP contribution in [0.5, 0.6) is 5.75 Å². The molecule has 0 atom stereocenters. The molecule has 1 aromatic heterocycles. The van der Waals surface area contributed by atoms with E-state index in [9.17, 15) is 4.79 Å². The zero-order chi connectivity index (χ0) is 18.5. The van der Waals surface area contributed by atoms with Crippen LogP contribution >= 0.6 is 11.3 Å². The van der Waals surface area contributed by atoms with Crippen molar-refractivity contribution >= 4 is 17.3 Å². The quantitative estimate of drug-likeness (QED) is 0.592. The molecule has 0 amide bonds. The van der Waals surface area contributed by atoms with Gasteiger partial charge in [0.05, 0.1) is 19.2 Å². The second-order valence-electron chi connectivity index (χ2n) is 6.13. The summed E-state index contributed by atoms with van der Waals surface area (Å²) < 4.78 is 10.6. The van der Waals surface area contributed by atoms with Gasteiger partial charge in [-0.15, -0.1) is 11.3 Å². The Kier molecular flexibility index (Phi) is 5.68. The van der Waals surface area contributed by atoms with Crippen LogP contribution in [-0.4, -0.2) is 18.1 Å². The first-order valence-corrected chi connectivity index (χ1v) is 9.23. The number of ether oxygens (including phenoxy) is 2. The lowest BCUT2D eigenvalue weighted by Gasteiger charge is -2.06. The van der Waals surface area contributed by atoms with Crippen LogP contribution in [0.2, 0.25) is 0 Å². The van der Waals surface area contributed by atoms with Crippen LogP contribution in [0.3, 0.4) is 0 Å². The Labute approximate surface area is 157 Å². The molecule has 0 aliphatic rings. The number of rotatable bonds is 6. The lowest BCUT2D eigenvalue weighted by molar-refractivity contribution is -0.144. The Morgan fingerprint density at radius 1 is 1.12 bits per heavy atom. The monoisotopic (exact) mass is 367 g/mol. The summed E-state index contributed by atoms with van der Waals surface area (Å²) in [4.78, 5) is 16.6. The van der Waals surface area contributed by atoms with E-state index in [4.69, 9.17) is 9.47 Å². The molecule has 3 rings (SSSR count). The van der Waals surface area contributed by atoms with Crippen LogP contribution in [0.4, 0.5) is 0 Å². The lowest BCUT2D eigenvalue weighted by atomic mass is 10.0. The standard InChI is InChI=1S/C21H21NO3S/c1-14-7-8-16(9-15(14)2)10-20(23)25-12-18-13-26-21(22-18)17-5-4-6-19(11-17)24-3/h4-9,11,13H,10,12H2,1-3H3. The van der Waals surface area contributed by atoms with Crippen molar-refractivity contribution in [1.82, 2.24) is 4.98 Å². The van der Waals surface area contributed by atoms with E-state index in [2.05, 4.69) is 11.9 Å². The number of nitrogens with zero attached hydrogens (tertiary/aromatic N) is 1. The maximum atomic E-state index is 12.1. The first kappa shape index (κ1) is 18.1. The highest BCUT2D eigenvalue weighted by Crippen LogP contribution is 2.27. The molecule has 134 valence electrons. The third-order valence-corrected chi connectivity index (χ3v) is 5.11. The van der Waals surface area contributed by atoms with Crippen molar-refractivity contribution in [2.75, 3.05) is 7.11 Å². The molecule has 4 nitrogen and oxygen atoms in total. The highest BCUT2D eigenvalue weighted by Gasteiger charge is 2.10. The predicted molar refractivity (Wildman–Crippen MR) is 104 cm³/mol. The van der Waals surface area contributed by atoms with Gasteiger partial charge in [-0.3, -0.25) is 4.79 Å². The minimum absolute atomic E-state index is 0.185.